The molecule has 20 heavy (non-hydrogen) atoms. The van der Waals surface area contributed by atoms with Crippen molar-refractivity contribution in [2.45, 2.75) is 18.3 Å². The van der Waals surface area contributed by atoms with E-state index in [9.17, 15) is 5.26 Å². The molecule has 4 nitrogen and oxygen atoms in total. The van der Waals surface area contributed by atoms with Crippen LogP contribution in [0.4, 0.5) is 0 Å². The standard InChI is InChI=1S/C16H12N4/c17-10-16(5-6-16)12-3-1-2-11(8-12)13-4-7-18-15-14(13)9-19-20-15/h1-4,7-9H,5-6H2,(H,18,19,20). The summed E-state index contributed by atoms with van der Waals surface area (Å²) in [5.41, 5.74) is 3.86. The summed E-state index contributed by atoms with van der Waals surface area (Å²) in [6.45, 7) is 0. The smallest absolute Gasteiger partial charge is 0.155 e. The topological polar surface area (TPSA) is 65.4 Å². The Bertz CT molecular complexity index is 837. The van der Waals surface area contributed by atoms with Crippen molar-refractivity contribution in [2.75, 3.05) is 0 Å². The Labute approximate surface area is 116 Å². The first-order valence-corrected chi connectivity index (χ1v) is 6.63. The summed E-state index contributed by atoms with van der Waals surface area (Å²) in [4.78, 5) is 4.26. The molecule has 0 amide bonds. The molecule has 0 radical (unpaired) electrons. The lowest BCUT2D eigenvalue weighted by atomic mass is 9.93. The normalized spacial score (nSPS) is 15.9. The minimum absolute atomic E-state index is 0.251. The quantitative estimate of drug-likeness (QED) is 0.769. The van der Waals surface area contributed by atoms with E-state index in [1.54, 1.807) is 12.4 Å². The summed E-state index contributed by atoms with van der Waals surface area (Å²) in [5.74, 6) is 0. The molecule has 1 fully saturated rings. The lowest BCUT2D eigenvalue weighted by Crippen LogP contribution is -2.02. The number of pyridine rings is 1. The van der Waals surface area contributed by atoms with E-state index in [1.165, 1.54) is 0 Å². The van der Waals surface area contributed by atoms with Crippen LogP contribution in [0.3, 0.4) is 0 Å². The van der Waals surface area contributed by atoms with Gasteiger partial charge in [-0.2, -0.15) is 10.4 Å². The van der Waals surface area contributed by atoms with Crippen molar-refractivity contribution in [3.8, 4) is 17.2 Å². The van der Waals surface area contributed by atoms with Gasteiger partial charge in [-0.25, -0.2) is 4.98 Å². The zero-order valence-electron chi connectivity index (χ0n) is 10.8. The van der Waals surface area contributed by atoms with Gasteiger partial charge in [0.25, 0.3) is 0 Å². The van der Waals surface area contributed by atoms with Crippen molar-refractivity contribution in [1.82, 2.24) is 15.2 Å². The molecule has 1 aromatic carbocycles. The van der Waals surface area contributed by atoms with Gasteiger partial charge >= 0.3 is 0 Å². The van der Waals surface area contributed by atoms with E-state index < -0.39 is 0 Å². The molecule has 1 N–H and O–H groups in total. The maximum Gasteiger partial charge on any atom is 0.155 e. The highest BCUT2D eigenvalue weighted by molar-refractivity contribution is 5.92. The van der Waals surface area contributed by atoms with Gasteiger partial charge in [-0.1, -0.05) is 18.2 Å². The van der Waals surface area contributed by atoms with Crippen LogP contribution < -0.4 is 0 Å². The third-order valence-electron chi connectivity index (χ3n) is 4.04. The lowest BCUT2D eigenvalue weighted by Gasteiger charge is -2.09. The fraction of sp³-hybridized carbons (Fsp3) is 0.188. The molecule has 0 saturated heterocycles. The highest BCUT2D eigenvalue weighted by atomic mass is 15.1. The first-order chi connectivity index (χ1) is 9.82. The van der Waals surface area contributed by atoms with Gasteiger partial charge in [0.15, 0.2) is 5.65 Å². The molecule has 96 valence electrons. The van der Waals surface area contributed by atoms with Crippen LogP contribution in [0.2, 0.25) is 0 Å². The number of rotatable bonds is 2. The molecule has 1 saturated carbocycles. The van der Waals surface area contributed by atoms with E-state index >= 15 is 0 Å². The molecular weight excluding hydrogens is 248 g/mol. The molecule has 4 heteroatoms. The summed E-state index contributed by atoms with van der Waals surface area (Å²) < 4.78 is 0. The Morgan fingerprint density at radius 1 is 1.25 bits per heavy atom. The Morgan fingerprint density at radius 2 is 2.15 bits per heavy atom. The number of nitriles is 1. The zero-order chi connectivity index (χ0) is 13.6. The molecule has 2 heterocycles. The fourth-order valence-electron chi connectivity index (χ4n) is 2.68. The summed E-state index contributed by atoms with van der Waals surface area (Å²) >= 11 is 0. The van der Waals surface area contributed by atoms with Crippen LogP contribution in [0.15, 0.2) is 42.7 Å². The van der Waals surface area contributed by atoms with Gasteiger partial charge in [-0.3, -0.25) is 5.10 Å². The summed E-state index contributed by atoms with van der Waals surface area (Å²) in [5, 5.41) is 17.3. The minimum atomic E-state index is -0.251. The molecule has 1 aliphatic carbocycles. The van der Waals surface area contributed by atoms with Crippen LogP contribution in [0.1, 0.15) is 18.4 Å². The molecule has 3 aromatic rings. The molecule has 0 aliphatic heterocycles. The molecule has 0 bridgehead atoms. The van der Waals surface area contributed by atoms with Crippen molar-refractivity contribution in [2.24, 2.45) is 0 Å². The number of H-pyrrole nitrogens is 1. The monoisotopic (exact) mass is 260 g/mol. The van der Waals surface area contributed by atoms with Gasteiger partial charge in [-0.15, -0.1) is 0 Å². The second-order valence-corrected chi connectivity index (χ2v) is 5.27. The first kappa shape index (κ1) is 11.2. The third-order valence-corrected chi connectivity index (χ3v) is 4.04. The fourth-order valence-corrected chi connectivity index (χ4v) is 2.68. The second kappa shape index (κ2) is 3.91. The van der Waals surface area contributed by atoms with Gasteiger partial charge in [0.2, 0.25) is 0 Å². The number of hydrogen-bond acceptors (Lipinski definition) is 3. The highest BCUT2D eigenvalue weighted by Crippen LogP contribution is 2.48. The summed E-state index contributed by atoms with van der Waals surface area (Å²) in [6.07, 6.45) is 5.50. The van der Waals surface area contributed by atoms with E-state index in [-0.39, 0.29) is 5.41 Å². The average Bonchev–Trinajstić information content (AvgIpc) is 3.16. The minimum Gasteiger partial charge on any atom is -0.261 e. The average molecular weight is 260 g/mol. The molecular formula is C16H12N4. The van der Waals surface area contributed by atoms with Crippen LogP contribution >= 0.6 is 0 Å². The SMILES string of the molecule is N#CC1(c2cccc(-c3ccnc4[nH]ncc34)c2)CC1. The Balaban J connectivity index is 1.89. The maximum absolute atomic E-state index is 9.34. The lowest BCUT2D eigenvalue weighted by molar-refractivity contribution is 0.909. The van der Waals surface area contributed by atoms with E-state index in [0.717, 1.165) is 40.6 Å². The number of nitrogens with one attached hydrogen (secondary N) is 1. The van der Waals surface area contributed by atoms with Gasteiger partial charge in [0.05, 0.1) is 17.7 Å². The Kier molecular flexibility index (Phi) is 2.19. The number of benzene rings is 1. The summed E-state index contributed by atoms with van der Waals surface area (Å²) in [7, 11) is 0. The number of aromatic nitrogens is 3. The van der Waals surface area contributed by atoms with Crippen LogP contribution in [-0.4, -0.2) is 15.2 Å². The number of nitrogens with zero attached hydrogens (tertiary/aromatic N) is 3. The number of aromatic amines is 1. The Hall–Kier alpha value is -2.67. The van der Waals surface area contributed by atoms with E-state index in [4.69, 9.17) is 0 Å². The van der Waals surface area contributed by atoms with Crippen LogP contribution in [0, 0.1) is 11.3 Å². The van der Waals surface area contributed by atoms with Gasteiger partial charge < -0.3 is 0 Å². The number of hydrogen-bond donors (Lipinski definition) is 1. The van der Waals surface area contributed by atoms with Gasteiger partial charge in [-0.05, 0) is 41.7 Å². The third kappa shape index (κ3) is 1.53. The molecule has 2 aromatic heterocycles. The largest absolute Gasteiger partial charge is 0.261 e. The van der Waals surface area contributed by atoms with Crippen molar-refractivity contribution < 1.29 is 0 Å². The zero-order valence-corrected chi connectivity index (χ0v) is 10.8. The maximum atomic E-state index is 9.34. The van der Waals surface area contributed by atoms with Crippen molar-refractivity contribution in [1.29, 1.82) is 5.26 Å². The van der Waals surface area contributed by atoms with Crippen molar-refractivity contribution >= 4 is 11.0 Å². The highest BCUT2D eigenvalue weighted by Gasteiger charge is 2.44. The molecule has 0 unspecified atom stereocenters. The van der Waals surface area contributed by atoms with E-state index in [1.807, 2.05) is 18.2 Å². The molecule has 0 atom stereocenters. The Morgan fingerprint density at radius 3 is 2.95 bits per heavy atom. The van der Waals surface area contributed by atoms with Crippen LogP contribution in [-0.2, 0) is 5.41 Å². The summed E-state index contributed by atoms with van der Waals surface area (Å²) in [6, 6.07) is 12.7. The van der Waals surface area contributed by atoms with Crippen molar-refractivity contribution in [3.63, 3.8) is 0 Å². The second-order valence-electron chi connectivity index (χ2n) is 5.27. The molecule has 0 spiro atoms. The van der Waals surface area contributed by atoms with Crippen molar-refractivity contribution in [3.05, 3.63) is 48.3 Å². The number of fused-ring (bicyclic) bond motifs is 1. The predicted molar refractivity (Wildman–Crippen MR) is 75.8 cm³/mol. The molecule has 4 rings (SSSR count). The van der Waals surface area contributed by atoms with Crippen LogP contribution in [0.25, 0.3) is 22.2 Å². The van der Waals surface area contributed by atoms with Gasteiger partial charge in [0, 0.05) is 11.6 Å². The van der Waals surface area contributed by atoms with E-state index in [0.29, 0.717) is 0 Å². The first-order valence-electron chi connectivity index (χ1n) is 6.63. The van der Waals surface area contributed by atoms with Crippen LogP contribution in [0.5, 0.6) is 0 Å². The van der Waals surface area contributed by atoms with Gasteiger partial charge in [0.1, 0.15) is 0 Å². The van der Waals surface area contributed by atoms with E-state index in [2.05, 4.69) is 33.4 Å². The molecule has 1 aliphatic rings. The predicted octanol–water partition coefficient (Wildman–Crippen LogP) is 3.18.